The molecule has 0 bridgehead atoms. The Labute approximate surface area is 173 Å². The maximum absolute atomic E-state index is 12.4. The van der Waals surface area contributed by atoms with Crippen molar-refractivity contribution in [3.63, 3.8) is 0 Å². The smallest absolute Gasteiger partial charge is 0.338 e. The topological polar surface area (TPSA) is 82.1 Å². The van der Waals surface area contributed by atoms with Crippen LogP contribution in [0.3, 0.4) is 0 Å². The van der Waals surface area contributed by atoms with Crippen LogP contribution in [0.25, 0.3) is 0 Å². The summed E-state index contributed by atoms with van der Waals surface area (Å²) in [6, 6.07) is 9.98. The molecule has 0 unspecified atom stereocenters. The lowest BCUT2D eigenvalue weighted by Crippen LogP contribution is -2.41. The molecule has 1 amide bonds. The monoisotopic (exact) mass is 417 g/mol. The number of esters is 1. The predicted octanol–water partition coefficient (Wildman–Crippen LogP) is 2.59. The van der Waals surface area contributed by atoms with E-state index in [-0.39, 0.29) is 24.7 Å². The van der Waals surface area contributed by atoms with Crippen LogP contribution in [0.4, 0.5) is 0 Å². The normalized spacial score (nSPS) is 13.8. The highest BCUT2D eigenvalue weighted by Crippen LogP contribution is 2.20. The van der Waals surface area contributed by atoms with Crippen molar-refractivity contribution in [2.45, 2.75) is 13.3 Å². The summed E-state index contributed by atoms with van der Waals surface area (Å²) in [6.45, 7) is 4.30. The van der Waals surface area contributed by atoms with Gasteiger partial charge >= 0.3 is 5.97 Å². The first-order valence-corrected chi connectivity index (χ1v) is 10.3. The number of hydrogen-bond acceptors (Lipinski definition) is 7. The van der Waals surface area contributed by atoms with Crippen LogP contribution in [0.2, 0.25) is 0 Å². The number of morpholine rings is 1. The van der Waals surface area contributed by atoms with Crippen molar-refractivity contribution in [1.82, 2.24) is 4.90 Å². The number of benzene rings is 1. The molecule has 1 saturated heterocycles. The van der Waals surface area contributed by atoms with E-state index in [2.05, 4.69) is 0 Å². The van der Waals surface area contributed by atoms with Crippen LogP contribution >= 0.6 is 11.3 Å². The number of Topliss-reactive ketones (excluding diaryl/α,β-unsaturated/α-hetero) is 1. The third-order valence-electron chi connectivity index (χ3n) is 4.36. The lowest BCUT2D eigenvalue weighted by molar-refractivity contribution is -0.134. The zero-order chi connectivity index (χ0) is 20.6. The summed E-state index contributed by atoms with van der Waals surface area (Å²) in [6.07, 6.45) is 0.286. The Morgan fingerprint density at radius 3 is 2.48 bits per heavy atom. The highest BCUT2D eigenvalue weighted by atomic mass is 32.1. The molecule has 0 N–H and O–H groups in total. The third-order valence-corrected chi connectivity index (χ3v) is 5.49. The lowest BCUT2D eigenvalue weighted by atomic mass is 10.2. The fourth-order valence-electron chi connectivity index (χ4n) is 2.82. The van der Waals surface area contributed by atoms with Gasteiger partial charge in [-0.2, -0.15) is 0 Å². The molecule has 7 nitrogen and oxygen atoms in total. The van der Waals surface area contributed by atoms with Crippen LogP contribution in [-0.2, 0) is 20.7 Å². The van der Waals surface area contributed by atoms with Crippen LogP contribution in [0.15, 0.2) is 36.4 Å². The van der Waals surface area contributed by atoms with Crippen molar-refractivity contribution in [2.24, 2.45) is 0 Å². The number of ketones is 1. The maximum atomic E-state index is 12.4. The number of hydrogen-bond donors (Lipinski definition) is 0. The van der Waals surface area contributed by atoms with E-state index in [4.69, 9.17) is 14.2 Å². The summed E-state index contributed by atoms with van der Waals surface area (Å²) in [5, 5.41) is 0. The van der Waals surface area contributed by atoms with Gasteiger partial charge in [0.15, 0.2) is 6.61 Å². The Bertz CT molecular complexity index is 854. The molecular formula is C21H23NO6S. The van der Waals surface area contributed by atoms with E-state index in [9.17, 15) is 14.4 Å². The second kappa shape index (κ2) is 10.2. The molecule has 0 saturated carbocycles. The van der Waals surface area contributed by atoms with Gasteiger partial charge in [0.1, 0.15) is 5.75 Å². The summed E-state index contributed by atoms with van der Waals surface area (Å²) >= 11 is 1.31. The second-order valence-electron chi connectivity index (χ2n) is 6.39. The van der Waals surface area contributed by atoms with Crippen molar-refractivity contribution in [3.8, 4) is 5.75 Å². The van der Waals surface area contributed by atoms with Crippen molar-refractivity contribution < 1.29 is 28.6 Å². The number of rotatable bonds is 8. The molecule has 1 aliphatic heterocycles. The van der Waals surface area contributed by atoms with Crippen LogP contribution in [-0.4, -0.2) is 62.1 Å². The fourth-order valence-corrected chi connectivity index (χ4v) is 3.74. The minimum Gasteiger partial charge on any atom is -0.485 e. The maximum Gasteiger partial charge on any atom is 0.338 e. The molecular weight excluding hydrogens is 394 g/mol. The number of amides is 1. The van der Waals surface area contributed by atoms with E-state index in [1.807, 2.05) is 6.07 Å². The predicted molar refractivity (Wildman–Crippen MR) is 108 cm³/mol. The van der Waals surface area contributed by atoms with Gasteiger partial charge in [-0.05, 0) is 43.3 Å². The highest BCUT2D eigenvalue weighted by Gasteiger charge is 2.19. The van der Waals surface area contributed by atoms with Gasteiger partial charge in [-0.1, -0.05) is 0 Å². The quantitative estimate of drug-likeness (QED) is 0.485. The molecule has 0 atom stereocenters. The van der Waals surface area contributed by atoms with Crippen LogP contribution in [0.5, 0.6) is 5.75 Å². The molecule has 1 aromatic carbocycles. The first kappa shape index (κ1) is 21.0. The SMILES string of the molecule is CCOC(=O)c1ccc(OCC(=O)c2ccc(CC(=O)N3CCOCC3)s2)cc1. The largest absolute Gasteiger partial charge is 0.485 e. The lowest BCUT2D eigenvalue weighted by Gasteiger charge is -2.26. The zero-order valence-corrected chi connectivity index (χ0v) is 17.0. The molecule has 1 fully saturated rings. The van der Waals surface area contributed by atoms with Gasteiger partial charge in [0.2, 0.25) is 11.7 Å². The van der Waals surface area contributed by atoms with Gasteiger partial charge < -0.3 is 19.1 Å². The molecule has 8 heteroatoms. The van der Waals surface area contributed by atoms with E-state index in [1.165, 1.54) is 11.3 Å². The Balaban J connectivity index is 1.49. The Morgan fingerprint density at radius 1 is 1.07 bits per heavy atom. The molecule has 3 rings (SSSR count). The summed E-state index contributed by atoms with van der Waals surface area (Å²) < 4.78 is 15.7. The average molecular weight is 417 g/mol. The van der Waals surface area contributed by atoms with Crippen molar-refractivity contribution in [3.05, 3.63) is 51.7 Å². The van der Waals surface area contributed by atoms with Crippen LogP contribution in [0.1, 0.15) is 31.8 Å². The second-order valence-corrected chi connectivity index (χ2v) is 7.56. The molecule has 29 heavy (non-hydrogen) atoms. The minimum absolute atomic E-state index is 0.0482. The first-order chi connectivity index (χ1) is 14.1. The summed E-state index contributed by atoms with van der Waals surface area (Å²) in [7, 11) is 0. The number of nitrogens with zero attached hydrogens (tertiary/aromatic N) is 1. The Kier molecular flexibility index (Phi) is 7.37. The summed E-state index contributed by atoms with van der Waals surface area (Å²) in [4.78, 5) is 39.5. The Hall–Kier alpha value is -2.71. The molecule has 2 heterocycles. The van der Waals surface area contributed by atoms with Gasteiger partial charge in [0.25, 0.3) is 0 Å². The van der Waals surface area contributed by atoms with Gasteiger partial charge in [-0.25, -0.2) is 4.79 Å². The van der Waals surface area contributed by atoms with Gasteiger partial charge in [0, 0.05) is 18.0 Å². The van der Waals surface area contributed by atoms with E-state index in [0.29, 0.717) is 49.1 Å². The van der Waals surface area contributed by atoms with E-state index in [1.54, 1.807) is 42.2 Å². The molecule has 154 valence electrons. The summed E-state index contributed by atoms with van der Waals surface area (Å²) in [5.74, 6) is -0.0137. The summed E-state index contributed by atoms with van der Waals surface area (Å²) in [5.41, 5.74) is 0.429. The zero-order valence-electron chi connectivity index (χ0n) is 16.2. The standard InChI is InChI=1S/C21H23NO6S/c1-2-27-21(25)15-3-5-16(6-4-15)28-14-18(23)19-8-7-17(29-19)13-20(24)22-9-11-26-12-10-22/h3-8H,2,9-14H2,1H3. The number of carbonyl (C=O) groups excluding carboxylic acids is 3. The molecule has 1 aromatic heterocycles. The average Bonchev–Trinajstić information content (AvgIpc) is 3.21. The fraction of sp³-hybridized carbons (Fsp3) is 0.381. The van der Waals surface area contributed by atoms with E-state index in [0.717, 1.165) is 4.88 Å². The van der Waals surface area contributed by atoms with Crippen LogP contribution < -0.4 is 4.74 Å². The van der Waals surface area contributed by atoms with Crippen molar-refractivity contribution in [1.29, 1.82) is 0 Å². The Morgan fingerprint density at radius 2 is 1.79 bits per heavy atom. The molecule has 2 aromatic rings. The molecule has 1 aliphatic rings. The van der Waals surface area contributed by atoms with Gasteiger partial charge in [0.05, 0.1) is 36.7 Å². The highest BCUT2D eigenvalue weighted by molar-refractivity contribution is 7.14. The van der Waals surface area contributed by atoms with E-state index >= 15 is 0 Å². The first-order valence-electron chi connectivity index (χ1n) is 9.44. The van der Waals surface area contributed by atoms with Gasteiger partial charge in [-0.3, -0.25) is 9.59 Å². The number of carbonyl (C=O) groups is 3. The van der Waals surface area contributed by atoms with Crippen molar-refractivity contribution >= 4 is 29.0 Å². The van der Waals surface area contributed by atoms with Crippen molar-refractivity contribution in [2.75, 3.05) is 39.5 Å². The molecule has 0 radical (unpaired) electrons. The molecule has 0 spiro atoms. The van der Waals surface area contributed by atoms with Crippen LogP contribution in [0, 0.1) is 0 Å². The number of ether oxygens (including phenoxy) is 3. The number of thiophene rings is 1. The van der Waals surface area contributed by atoms with E-state index < -0.39 is 5.97 Å². The molecule has 0 aliphatic carbocycles. The van der Waals surface area contributed by atoms with Gasteiger partial charge in [-0.15, -0.1) is 11.3 Å². The third kappa shape index (κ3) is 5.88. The minimum atomic E-state index is -0.395.